The predicted octanol–water partition coefficient (Wildman–Crippen LogP) is 0.351. The molecular weight excluding hydrogens is 198 g/mol. The molecule has 1 amide bonds. The molecule has 0 saturated heterocycles. The molecule has 0 unspecified atom stereocenters. The number of aromatic carboxylic acids is 1. The van der Waals surface area contributed by atoms with Gasteiger partial charge in [0, 0.05) is 19.2 Å². The van der Waals surface area contributed by atoms with E-state index in [-0.39, 0.29) is 17.3 Å². The van der Waals surface area contributed by atoms with Gasteiger partial charge < -0.3 is 10.4 Å². The Balaban J connectivity index is 3.05. The number of aryl methyl sites for hydroxylation is 1. The minimum Gasteiger partial charge on any atom is -0.476 e. The first-order chi connectivity index (χ1) is 7.10. The maximum absolute atomic E-state index is 11.5. The molecule has 0 fully saturated rings. The van der Waals surface area contributed by atoms with Crippen LogP contribution in [0.1, 0.15) is 34.8 Å². The number of carboxylic acids is 1. The highest BCUT2D eigenvalue weighted by Gasteiger charge is 2.16. The van der Waals surface area contributed by atoms with Crippen LogP contribution in [0.2, 0.25) is 0 Å². The van der Waals surface area contributed by atoms with Crippen LogP contribution in [0, 0.1) is 0 Å². The van der Waals surface area contributed by atoms with Crippen molar-refractivity contribution in [3.63, 3.8) is 0 Å². The van der Waals surface area contributed by atoms with E-state index in [4.69, 9.17) is 5.11 Å². The number of hydrogen-bond acceptors (Lipinski definition) is 3. The van der Waals surface area contributed by atoms with Gasteiger partial charge in [0.25, 0.3) is 5.91 Å². The molecule has 0 spiro atoms. The maximum Gasteiger partial charge on any atom is 0.356 e. The van der Waals surface area contributed by atoms with Gasteiger partial charge in [-0.3, -0.25) is 9.48 Å². The number of nitrogens with zero attached hydrogens (tertiary/aromatic N) is 2. The number of carbonyl (C=O) groups is 2. The van der Waals surface area contributed by atoms with Crippen LogP contribution in [0.5, 0.6) is 0 Å². The van der Waals surface area contributed by atoms with Gasteiger partial charge in [0.2, 0.25) is 0 Å². The van der Waals surface area contributed by atoms with Gasteiger partial charge in [-0.05, 0) is 13.8 Å². The molecule has 6 heteroatoms. The summed E-state index contributed by atoms with van der Waals surface area (Å²) in [5, 5.41) is 15.1. The normalized spacial score (nSPS) is 10.0. The lowest BCUT2D eigenvalue weighted by atomic mass is 10.3. The highest BCUT2D eigenvalue weighted by atomic mass is 16.4. The summed E-state index contributed by atoms with van der Waals surface area (Å²) in [5.74, 6) is -1.44. The fraction of sp³-hybridized carbons (Fsp3) is 0.444. The minimum atomic E-state index is -1.13. The van der Waals surface area contributed by atoms with Crippen LogP contribution in [0.3, 0.4) is 0 Å². The maximum atomic E-state index is 11.5. The topological polar surface area (TPSA) is 84.2 Å². The third-order valence-corrected chi connectivity index (χ3v) is 1.87. The highest BCUT2D eigenvalue weighted by molar-refractivity contribution is 5.95. The number of amides is 1. The summed E-state index contributed by atoms with van der Waals surface area (Å²) in [5.41, 5.74) is 0.162. The van der Waals surface area contributed by atoms with Crippen molar-refractivity contribution >= 4 is 11.9 Å². The first-order valence-electron chi connectivity index (χ1n) is 4.69. The first kappa shape index (κ1) is 11.2. The average molecular weight is 211 g/mol. The second-order valence-corrected chi connectivity index (χ2v) is 2.90. The van der Waals surface area contributed by atoms with Gasteiger partial charge in [0.1, 0.15) is 5.69 Å². The molecule has 1 aromatic rings. The van der Waals surface area contributed by atoms with Crippen LogP contribution < -0.4 is 5.32 Å². The Bertz CT molecular complexity index is 384. The SMILES string of the molecule is CCNC(=O)c1cc(C(=O)O)nn1CC. The Kier molecular flexibility index (Phi) is 3.43. The third kappa shape index (κ3) is 2.34. The molecule has 1 rings (SSSR count). The summed E-state index contributed by atoms with van der Waals surface area (Å²) < 4.78 is 1.37. The standard InChI is InChI=1S/C9H13N3O3/c1-3-10-8(13)7-5-6(9(14)15)11-12(7)4-2/h5H,3-4H2,1-2H3,(H,10,13)(H,14,15). The molecule has 0 radical (unpaired) electrons. The fourth-order valence-corrected chi connectivity index (χ4v) is 1.20. The monoisotopic (exact) mass is 211 g/mol. The van der Waals surface area contributed by atoms with Crippen molar-refractivity contribution in [1.82, 2.24) is 15.1 Å². The predicted molar refractivity (Wildman–Crippen MR) is 52.9 cm³/mol. The van der Waals surface area contributed by atoms with E-state index in [1.165, 1.54) is 10.7 Å². The van der Waals surface area contributed by atoms with Crippen molar-refractivity contribution in [3.8, 4) is 0 Å². The number of carboxylic acid groups (broad SMARTS) is 1. The Labute approximate surface area is 86.9 Å². The molecule has 2 N–H and O–H groups in total. The fourth-order valence-electron chi connectivity index (χ4n) is 1.20. The molecule has 0 aliphatic rings. The van der Waals surface area contributed by atoms with E-state index in [1.54, 1.807) is 13.8 Å². The summed E-state index contributed by atoms with van der Waals surface area (Å²) in [4.78, 5) is 22.2. The molecule has 1 heterocycles. The van der Waals surface area contributed by atoms with Gasteiger partial charge >= 0.3 is 5.97 Å². The zero-order valence-electron chi connectivity index (χ0n) is 8.65. The first-order valence-corrected chi connectivity index (χ1v) is 4.69. The molecule has 82 valence electrons. The second-order valence-electron chi connectivity index (χ2n) is 2.90. The van der Waals surface area contributed by atoms with Crippen molar-refractivity contribution in [1.29, 1.82) is 0 Å². The van der Waals surface area contributed by atoms with E-state index in [9.17, 15) is 9.59 Å². The van der Waals surface area contributed by atoms with E-state index < -0.39 is 5.97 Å². The van der Waals surface area contributed by atoms with Gasteiger partial charge in [-0.25, -0.2) is 4.79 Å². The van der Waals surface area contributed by atoms with Crippen molar-refractivity contribution in [3.05, 3.63) is 17.5 Å². The van der Waals surface area contributed by atoms with Crippen LogP contribution in [-0.2, 0) is 6.54 Å². The van der Waals surface area contributed by atoms with E-state index in [0.717, 1.165) is 0 Å². The molecule has 0 aliphatic heterocycles. The Morgan fingerprint density at radius 3 is 2.67 bits per heavy atom. The number of rotatable bonds is 4. The molecule has 0 saturated carbocycles. The number of carbonyl (C=O) groups excluding carboxylic acids is 1. The lowest BCUT2D eigenvalue weighted by Crippen LogP contribution is -2.25. The van der Waals surface area contributed by atoms with Crippen molar-refractivity contribution in [2.24, 2.45) is 0 Å². The van der Waals surface area contributed by atoms with Gasteiger partial charge in [-0.15, -0.1) is 0 Å². The Morgan fingerprint density at radius 1 is 1.53 bits per heavy atom. The quantitative estimate of drug-likeness (QED) is 0.752. The van der Waals surface area contributed by atoms with Crippen LogP contribution >= 0.6 is 0 Å². The molecule has 1 aromatic heterocycles. The van der Waals surface area contributed by atoms with E-state index >= 15 is 0 Å². The zero-order chi connectivity index (χ0) is 11.4. The smallest absolute Gasteiger partial charge is 0.356 e. The zero-order valence-corrected chi connectivity index (χ0v) is 8.65. The highest BCUT2D eigenvalue weighted by Crippen LogP contribution is 2.04. The molecule has 0 aliphatic carbocycles. The number of aromatic nitrogens is 2. The van der Waals surface area contributed by atoms with Crippen LogP contribution in [0.25, 0.3) is 0 Å². The Hall–Kier alpha value is -1.85. The second kappa shape index (κ2) is 4.59. The van der Waals surface area contributed by atoms with Gasteiger partial charge in [0.15, 0.2) is 5.69 Å². The average Bonchev–Trinajstić information content (AvgIpc) is 2.61. The molecule has 6 nitrogen and oxygen atoms in total. The lowest BCUT2D eigenvalue weighted by Gasteiger charge is -2.03. The van der Waals surface area contributed by atoms with E-state index in [0.29, 0.717) is 13.1 Å². The van der Waals surface area contributed by atoms with E-state index in [2.05, 4.69) is 10.4 Å². The van der Waals surface area contributed by atoms with Crippen LogP contribution in [-0.4, -0.2) is 33.3 Å². The van der Waals surface area contributed by atoms with Crippen LogP contribution in [0.15, 0.2) is 6.07 Å². The van der Waals surface area contributed by atoms with Crippen molar-refractivity contribution in [2.45, 2.75) is 20.4 Å². The van der Waals surface area contributed by atoms with Gasteiger partial charge in [0.05, 0.1) is 0 Å². The van der Waals surface area contributed by atoms with Gasteiger partial charge in [-0.1, -0.05) is 0 Å². The molecule has 15 heavy (non-hydrogen) atoms. The summed E-state index contributed by atoms with van der Waals surface area (Å²) in [6, 6.07) is 1.27. The molecule has 0 aromatic carbocycles. The van der Waals surface area contributed by atoms with Crippen LogP contribution in [0.4, 0.5) is 0 Å². The lowest BCUT2D eigenvalue weighted by molar-refractivity contribution is 0.0689. The molecule has 0 bridgehead atoms. The number of hydrogen-bond donors (Lipinski definition) is 2. The summed E-state index contributed by atoms with van der Waals surface area (Å²) in [6.07, 6.45) is 0. The minimum absolute atomic E-state index is 0.113. The van der Waals surface area contributed by atoms with Gasteiger partial charge in [-0.2, -0.15) is 5.10 Å². The summed E-state index contributed by atoms with van der Waals surface area (Å²) in [6.45, 7) is 4.54. The molecule has 0 atom stereocenters. The molecular formula is C9H13N3O3. The third-order valence-electron chi connectivity index (χ3n) is 1.87. The van der Waals surface area contributed by atoms with Crippen molar-refractivity contribution < 1.29 is 14.7 Å². The summed E-state index contributed by atoms with van der Waals surface area (Å²) in [7, 11) is 0. The largest absolute Gasteiger partial charge is 0.476 e. The Morgan fingerprint density at radius 2 is 2.20 bits per heavy atom. The van der Waals surface area contributed by atoms with E-state index in [1.807, 2.05) is 0 Å². The number of nitrogens with one attached hydrogen (secondary N) is 1. The summed E-state index contributed by atoms with van der Waals surface area (Å²) >= 11 is 0. The van der Waals surface area contributed by atoms with Crippen molar-refractivity contribution in [2.75, 3.05) is 6.54 Å².